The van der Waals surface area contributed by atoms with Crippen molar-refractivity contribution in [3.63, 3.8) is 0 Å². The lowest BCUT2D eigenvalue weighted by molar-refractivity contribution is -0.823. The number of piperidine rings is 1. The average Bonchev–Trinajstić information content (AvgIpc) is 3.54. The van der Waals surface area contributed by atoms with E-state index in [1.165, 1.54) is 11.9 Å². The maximum absolute atomic E-state index is 13.9. The van der Waals surface area contributed by atoms with Gasteiger partial charge in [0.25, 0.3) is 5.91 Å². The van der Waals surface area contributed by atoms with Gasteiger partial charge in [0.15, 0.2) is 6.16 Å². The number of amides is 6. The van der Waals surface area contributed by atoms with Crippen molar-refractivity contribution >= 4 is 43.7 Å². The molecule has 15 heteroatoms. The summed E-state index contributed by atoms with van der Waals surface area (Å²) in [7, 11) is -1.40. The second kappa shape index (κ2) is 17.6. The van der Waals surface area contributed by atoms with Gasteiger partial charge in [-0.25, -0.2) is 14.4 Å². The lowest BCUT2D eigenvalue weighted by Crippen LogP contribution is -2.72. The van der Waals surface area contributed by atoms with Crippen LogP contribution < -0.4 is 16.1 Å². The molecule has 0 aliphatic carbocycles. The fourth-order valence-corrected chi connectivity index (χ4v) is 7.24. The smallest absolute Gasteiger partial charge is 0.445 e. The van der Waals surface area contributed by atoms with E-state index in [2.05, 4.69) is 16.1 Å². The molecule has 1 aromatic carbocycles. The Bertz CT molecular complexity index is 1340. The van der Waals surface area contributed by atoms with Gasteiger partial charge >= 0.3 is 25.9 Å². The largest absolute Gasteiger partial charge is 0.506 e. The molecule has 2 saturated heterocycles. The Kier molecular flexibility index (Phi) is 14.2. The Labute approximate surface area is 282 Å². The molecule has 0 aromatic heterocycles. The third-order valence-corrected chi connectivity index (χ3v) is 9.77. The van der Waals surface area contributed by atoms with Crippen LogP contribution in [-0.4, -0.2) is 88.4 Å². The van der Waals surface area contributed by atoms with Gasteiger partial charge < -0.3 is 15.4 Å². The van der Waals surface area contributed by atoms with Crippen molar-refractivity contribution in [2.24, 2.45) is 23.7 Å². The quantitative estimate of drug-likeness (QED) is 0.122. The van der Waals surface area contributed by atoms with E-state index in [-0.39, 0.29) is 51.3 Å². The van der Waals surface area contributed by atoms with E-state index in [0.29, 0.717) is 12.8 Å². The highest BCUT2D eigenvalue weighted by Crippen LogP contribution is 2.34. The van der Waals surface area contributed by atoms with E-state index < -0.39 is 84.2 Å². The number of nitrogens with one attached hydrogen (secondary N) is 3. The second-order valence-electron chi connectivity index (χ2n) is 13.4. The van der Waals surface area contributed by atoms with Crippen LogP contribution in [0.1, 0.15) is 71.8 Å². The number of likely N-dealkylation sites (N-methyl/N-ethyl adjacent to an activating group) is 1. The van der Waals surface area contributed by atoms with Crippen LogP contribution in [0.5, 0.6) is 0 Å². The normalized spacial score (nSPS) is 19.8. The van der Waals surface area contributed by atoms with Gasteiger partial charge in [0, 0.05) is 19.5 Å². The number of ether oxygens (including phenoxy) is 1. The predicted molar refractivity (Wildman–Crippen MR) is 175 cm³/mol. The first kappa shape index (κ1) is 38.7. The van der Waals surface area contributed by atoms with Crippen LogP contribution in [0.15, 0.2) is 30.3 Å². The molecule has 1 aromatic rings. The molecule has 14 nitrogen and oxygen atoms in total. The maximum atomic E-state index is 13.9. The van der Waals surface area contributed by atoms with E-state index in [1.54, 1.807) is 26.0 Å². The van der Waals surface area contributed by atoms with Crippen molar-refractivity contribution in [1.82, 2.24) is 21.0 Å². The molecule has 0 saturated carbocycles. The summed E-state index contributed by atoms with van der Waals surface area (Å²) in [6.45, 7) is 7.21. The molecule has 264 valence electrons. The zero-order valence-electron chi connectivity index (χ0n) is 28.5. The van der Waals surface area contributed by atoms with Crippen molar-refractivity contribution in [2.45, 2.75) is 84.9 Å². The van der Waals surface area contributed by atoms with Crippen LogP contribution in [0.2, 0.25) is 0 Å². The van der Waals surface area contributed by atoms with Crippen LogP contribution >= 0.6 is 8.03 Å². The van der Waals surface area contributed by atoms with Crippen molar-refractivity contribution in [1.29, 1.82) is 0 Å². The molecule has 2 unspecified atom stereocenters. The molecule has 6 amide bonds. The van der Waals surface area contributed by atoms with Gasteiger partial charge in [-0.05, 0) is 47.6 Å². The van der Waals surface area contributed by atoms with Crippen LogP contribution in [0.3, 0.4) is 0 Å². The molecule has 2 heterocycles. The highest BCUT2D eigenvalue weighted by Gasteiger charge is 2.54. The Hall–Kier alpha value is -3.74. The zero-order valence-corrected chi connectivity index (χ0v) is 29.4. The highest BCUT2D eigenvalue weighted by atomic mass is 31.1. The SMILES string of the molecule is CNC(=O)[C@H](CC(C)C)NC(=O)[C@@H](C[P+](=O)O)C(C[N+]1(NC(=O)[C@@H]2CCCN2C(=O)OCc2ccccc2)C(=O)CCCC1=O)C(C)C. The Morgan fingerprint density at radius 2 is 1.67 bits per heavy atom. The van der Waals surface area contributed by atoms with E-state index in [9.17, 15) is 38.2 Å². The lowest BCUT2D eigenvalue weighted by Gasteiger charge is -2.40. The number of imide groups is 1. The Morgan fingerprint density at radius 3 is 2.23 bits per heavy atom. The summed E-state index contributed by atoms with van der Waals surface area (Å²) in [5, 5.41) is 5.26. The van der Waals surface area contributed by atoms with Gasteiger partial charge in [-0.15, -0.1) is 0 Å². The first-order valence-corrected chi connectivity index (χ1v) is 18.0. The minimum absolute atomic E-state index is 0.00601. The summed E-state index contributed by atoms with van der Waals surface area (Å²) in [6, 6.07) is 7.16. The van der Waals surface area contributed by atoms with Gasteiger partial charge in [-0.2, -0.15) is 10.3 Å². The van der Waals surface area contributed by atoms with Gasteiger partial charge in [-0.1, -0.05) is 62.6 Å². The Balaban J connectivity index is 1.91. The first-order chi connectivity index (χ1) is 22.7. The summed E-state index contributed by atoms with van der Waals surface area (Å²) in [5.74, 6) is -5.32. The fraction of sp³-hybridized carbons (Fsp3) is 0.636. The number of rotatable bonds is 15. The number of hydrogen-bond donors (Lipinski definition) is 4. The third kappa shape index (κ3) is 9.90. The summed E-state index contributed by atoms with van der Waals surface area (Å²) in [5.41, 5.74) is 3.45. The monoisotopic (exact) mass is 691 g/mol. The van der Waals surface area contributed by atoms with E-state index in [1.807, 2.05) is 32.0 Å². The molecule has 2 aliphatic heterocycles. The Morgan fingerprint density at radius 1 is 1.02 bits per heavy atom. The third-order valence-electron chi connectivity index (χ3n) is 9.06. The average molecular weight is 692 g/mol. The maximum Gasteiger partial charge on any atom is 0.506 e. The number of carbonyl (C=O) groups is 6. The summed E-state index contributed by atoms with van der Waals surface area (Å²) in [4.78, 5) is 92.1. The standard InChI is InChI=1S/C33H48N5O9P/c1-21(2)17-26(31(42)34-5)35-30(41)25(20-48(45)46)24(22(3)4)18-38(28(39)14-9-15-29(38)40)36-32(43)27-13-10-16-37(27)33(44)47-19-23-11-7-6-8-12-23/h6-8,11-12,21-22,24-27H,9-10,13-20H2,1-5H3,(H2-2,34,35,36,41,42,43,45,46)/p+2/t24?,25-,26-,27-/m0/s1. The molecule has 2 aliphatic rings. The predicted octanol–water partition coefficient (Wildman–Crippen LogP) is 2.77. The van der Waals surface area contributed by atoms with Crippen molar-refractivity contribution in [3.8, 4) is 0 Å². The van der Waals surface area contributed by atoms with E-state index in [0.717, 1.165) is 5.56 Å². The van der Waals surface area contributed by atoms with Crippen LogP contribution in [0, 0.1) is 23.7 Å². The molecule has 0 radical (unpaired) electrons. The minimum atomic E-state index is -2.84. The van der Waals surface area contributed by atoms with Gasteiger partial charge in [0.05, 0.1) is 18.8 Å². The van der Waals surface area contributed by atoms with Gasteiger partial charge in [-0.3, -0.25) is 19.3 Å². The first-order valence-electron chi connectivity index (χ1n) is 16.6. The number of likely N-dealkylation sites (tertiary alicyclic amines) is 2. The second-order valence-corrected chi connectivity index (χ2v) is 14.4. The number of nitrogens with zero attached hydrogens (tertiary/aromatic N) is 2. The molecule has 0 bridgehead atoms. The van der Waals surface area contributed by atoms with Crippen molar-refractivity contribution in [2.75, 3.05) is 26.3 Å². The van der Waals surface area contributed by atoms with E-state index in [4.69, 9.17) is 4.74 Å². The zero-order chi connectivity index (χ0) is 35.6. The van der Waals surface area contributed by atoms with Crippen molar-refractivity contribution in [3.05, 3.63) is 35.9 Å². The molecule has 2 fully saturated rings. The van der Waals surface area contributed by atoms with E-state index >= 15 is 0 Å². The summed E-state index contributed by atoms with van der Waals surface area (Å²) >= 11 is 0. The van der Waals surface area contributed by atoms with Crippen LogP contribution in [-0.2, 0) is 39.9 Å². The molecule has 48 heavy (non-hydrogen) atoms. The molecular formula is C33H50N5O9P+2. The van der Waals surface area contributed by atoms with Crippen LogP contribution in [0.25, 0.3) is 0 Å². The highest BCUT2D eigenvalue weighted by molar-refractivity contribution is 7.38. The van der Waals surface area contributed by atoms with Gasteiger partial charge in [0.2, 0.25) is 11.8 Å². The number of carbonyl (C=O) groups excluding carboxylic acids is 6. The number of quaternary nitrogens is 1. The molecule has 0 spiro atoms. The van der Waals surface area contributed by atoms with Crippen LogP contribution in [0.4, 0.5) is 4.79 Å². The molecule has 4 N–H and O–H groups in total. The minimum Gasteiger partial charge on any atom is -0.445 e. The summed E-state index contributed by atoms with van der Waals surface area (Å²) in [6.07, 6.45) is 0.191. The molecule has 3 rings (SSSR count). The van der Waals surface area contributed by atoms with Gasteiger partial charge in [0.1, 0.15) is 25.2 Å². The summed E-state index contributed by atoms with van der Waals surface area (Å²) < 4.78 is 16.6. The topological polar surface area (TPSA) is 188 Å². The fourth-order valence-electron chi connectivity index (χ4n) is 6.46. The number of hydrogen-bond acceptors (Lipinski definition) is 8. The lowest BCUT2D eigenvalue weighted by atomic mass is 9.82. The van der Waals surface area contributed by atoms with Crippen molar-refractivity contribution < 1.29 is 47.6 Å². The molecular weight excluding hydrogens is 641 g/mol. The number of benzene rings is 1. The molecule has 5 atom stereocenters.